The van der Waals surface area contributed by atoms with E-state index in [1.807, 2.05) is 40.7 Å². The molecular formula is C14H23NO2. The molecule has 0 heterocycles. The number of nitrogens with one attached hydrogen (secondary N) is 1. The highest BCUT2D eigenvalue weighted by Gasteiger charge is 2.34. The first kappa shape index (κ1) is 13.9. The van der Waals surface area contributed by atoms with Gasteiger partial charge in [0.2, 0.25) is 5.91 Å². The third kappa shape index (κ3) is 3.42. The van der Waals surface area contributed by atoms with Crippen molar-refractivity contribution in [1.29, 1.82) is 0 Å². The third-order valence-corrected chi connectivity index (χ3v) is 3.57. The lowest BCUT2D eigenvalue weighted by Gasteiger charge is -2.37. The molecule has 1 aliphatic carbocycles. The van der Waals surface area contributed by atoms with Gasteiger partial charge in [-0.1, -0.05) is 19.9 Å². The standard InChI is InChI=1S/C14H23NO2/c1-9(2)13(17)15-14(4,5)11-7-6-10(3)12(16)8-11/h6,9,11H,7-8H2,1-5H3,(H,15,17). The number of amides is 1. The van der Waals surface area contributed by atoms with Gasteiger partial charge < -0.3 is 5.32 Å². The highest BCUT2D eigenvalue weighted by molar-refractivity contribution is 5.95. The Morgan fingerprint density at radius 1 is 1.47 bits per heavy atom. The molecule has 0 spiro atoms. The van der Waals surface area contributed by atoms with Crippen LogP contribution in [0.15, 0.2) is 11.6 Å². The Hall–Kier alpha value is -1.12. The third-order valence-electron chi connectivity index (χ3n) is 3.57. The normalized spacial score (nSPS) is 21.4. The van der Waals surface area contributed by atoms with Crippen molar-refractivity contribution >= 4 is 11.7 Å². The summed E-state index contributed by atoms with van der Waals surface area (Å²) >= 11 is 0. The molecule has 1 N–H and O–H groups in total. The smallest absolute Gasteiger partial charge is 0.222 e. The average Bonchev–Trinajstić information content (AvgIpc) is 2.21. The lowest BCUT2D eigenvalue weighted by Crippen LogP contribution is -2.51. The van der Waals surface area contributed by atoms with E-state index in [1.54, 1.807) is 0 Å². The number of rotatable bonds is 3. The molecule has 17 heavy (non-hydrogen) atoms. The van der Waals surface area contributed by atoms with Crippen molar-refractivity contribution in [2.45, 2.75) is 53.0 Å². The maximum Gasteiger partial charge on any atom is 0.222 e. The van der Waals surface area contributed by atoms with Gasteiger partial charge in [-0.3, -0.25) is 9.59 Å². The summed E-state index contributed by atoms with van der Waals surface area (Å²) < 4.78 is 0. The Morgan fingerprint density at radius 3 is 2.53 bits per heavy atom. The number of hydrogen-bond donors (Lipinski definition) is 1. The predicted molar refractivity (Wildman–Crippen MR) is 68.5 cm³/mol. The van der Waals surface area contributed by atoms with E-state index < -0.39 is 0 Å². The molecule has 0 aliphatic heterocycles. The molecule has 1 amide bonds. The Kier molecular flexibility index (Phi) is 4.12. The largest absolute Gasteiger partial charge is 0.351 e. The SMILES string of the molecule is CC1=CCC(C(C)(C)NC(=O)C(C)C)CC1=O. The van der Waals surface area contributed by atoms with E-state index in [9.17, 15) is 9.59 Å². The summed E-state index contributed by atoms with van der Waals surface area (Å²) in [5, 5.41) is 3.04. The topological polar surface area (TPSA) is 46.2 Å². The summed E-state index contributed by atoms with van der Waals surface area (Å²) in [7, 11) is 0. The number of allylic oxidation sites excluding steroid dienone is 2. The Bertz CT molecular complexity index is 353. The van der Waals surface area contributed by atoms with Crippen molar-refractivity contribution in [2.24, 2.45) is 11.8 Å². The minimum atomic E-state index is -0.325. The van der Waals surface area contributed by atoms with Crippen LogP contribution in [-0.4, -0.2) is 17.2 Å². The van der Waals surface area contributed by atoms with Crippen molar-refractivity contribution in [3.8, 4) is 0 Å². The first-order chi connectivity index (χ1) is 7.74. The van der Waals surface area contributed by atoms with Crippen LogP contribution in [0.2, 0.25) is 0 Å². The highest BCUT2D eigenvalue weighted by Crippen LogP contribution is 2.30. The molecule has 0 aromatic carbocycles. The Labute approximate surface area is 104 Å². The van der Waals surface area contributed by atoms with Crippen molar-refractivity contribution in [1.82, 2.24) is 5.32 Å². The molecule has 1 rings (SSSR count). The van der Waals surface area contributed by atoms with E-state index in [-0.39, 0.29) is 29.1 Å². The second kappa shape index (κ2) is 5.03. The van der Waals surface area contributed by atoms with Crippen molar-refractivity contribution in [3.05, 3.63) is 11.6 Å². The van der Waals surface area contributed by atoms with Crippen LogP contribution in [0.4, 0.5) is 0 Å². The first-order valence-corrected chi connectivity index (χ1v) is 6.26. The lowest BCUT2D eigenvalue weighted by atomic mass is 9.77. The van der Waals surface area contributed by atoms with Crippen molar-refractivity contribution < 1.29 is 9.59 Å². The van der Waals surface area contributed by atoms with Crippen LogP contribution in [-0.2, 0) is 9.59 Å². The zero-order valence-electron chi connectivity index (χ0n) is 11.5. The zero-order valence-corrected chi connectivity index (χ0v) is 11.5. The quantitative estimate of drug-likeness (QED) is 0.819. The Balaban J connectivity index is 2.72. The van der Waals surface area contributed by atoms with E-state index in [0.717, 1.165) is 12.0 Å². The van der Waals surface area contributed by atoms with E-state index in [1.165, 1.54) is 0 Å². The molecule has 0 bridgehead atoms. The molecule has 0 aromatic heterocycles. The zero-order chi connectivity index (χ0) is 13.2. The molecule has 3 heteroatoms. The highest BCUT2D eigenvalue weighted by atomic mass is 16.2. The molecule has 96 valence electrons. The van der Waals surface area contributed by atoms with Crippen LogP contribution >= 0.6 is 0 Å². The van der Waals surface area contributed by atoms with Gasteiger partial charge in [0.1, 0.15) is 0 Å². The molecule has 0 fully saturated rings. The minimum absolute atomic E-state index is 0.0224. The first-order valence-electron chi connectivity index (χ1n) is 6.26. The molecular weight excluding hydrogens is 214 g/mol. The van der Waals surface area contributed by atoms with Gasteiger partial charge in [-0.25, -0.2) is 0 Å². The molecule has 0 aromatic rings. The molecule has 1 unspecified atom stereocenters. The summed E-state index contributed by atoms with van der Waals surface area (Å²) in [4.78, 5) is 23.4. The molecule has 0 saturated heterocycles. The predicted octanol–water partition coefficient (Wildman–Crippen LogP) is 2.46. The number of hydrogen-bond acceptors (Lipinski definition) is 2. The fraction of sp³-hybridized carbons (Fsp3) is 0.714. The fourth-order valence-electron chi connectivity index (χ4n) is 2.01. The van der Waals surface area contributed by atoms with E-state index in [0.29, 0.717) is 6.42 Å². The van der Waals surface area contributed by atoms with Crippen molar-refractivity contribution in [2.75, 3.05) is 0 Å². The summed E-state index contributed by atoms with van der Waals surface area (Å²) in [5.74, 6) is 0.425. The van der Waals surface area contributed by atoms with E-state index in [4.69, 9.17) is 0 Å². The van der Waals surface area contributed by atoms with Crippen LogP contribution in [0.1, 0.15) is 47.5 Å². The van der Waals surface area contributed by atoms with Gasteiger partial charge in [0.15, 0.2) is 5.78 Å². The van der Waals surface area contributed by atoms with E-state index in [2.05, 4.69) is 5.32 Å². The summed E-state index contributed by atoms with van der Waals surface area (Å²) in [6, 6.07) is 0. The summed E-state index contributed by atoms with van der Waals surface area (Å²) in [6.45, 7) is 9.61. The van der Waals surface area contributed by atoms with Crippen molar-refractivity contribution in [3.63, 3.8) is 0 Å². The van der Waals surface area contributed by atoms with Crippen LogP contribution in [0, 0.1) is 11.8 Å². The maximum atomic E-state index is 11.7. The number of ketones is 1. The second-order valence-corrected chi connectivity index (χ2v) is 5.81. The van der Waals surface area contributed by atoms with Crippen LogP contribution < -0.4 is 5.32 Å². The summed E-state index contributed by atoms with van der Waals surface area (Å²) in [6.07, 6.45) is 3.39. The van der Waals surface area contributed by atoms with Gasteiger partial charge in [-0.05, 0) is 38.7 Å². The number of Topliss-reactive ketones (excluding diaryl/α,β-unsaturated/α-hetero) is 1. The average molecular weight is 237 g/mol. The summed E-state index contributed by atoms with van der Waals surface area (Å²) in [5.41, 5.74) is 0.529. The Morgan fingerprint density at radius 2 is 2.06 bits per heavy atom. The van der Waals surface area contributed by atoms with Crippen LogP contribution in [0.25, 0.3) is 0 Å². The molecule has 3 nitrogen and oxygen atoms in total. The second-order valence-electron chi connectivity index (χ2n) is 5.81. The fourth-order valence-corrected chi connectivity index (χ4v) is 2.01. The lowest BCUT2D eigenvalue weighted by molar-refractivity contribution is -0.127. The minimum Gasteiger partial charge on any atom is -0.351 e. The number of carbonyl (C=O) groups is 2. The number of carbonyl (C=O) groups excluding carboxylic acids is 2. The molecule has 1 aliphatic rings. The van der Waals surface area contributed by atoms with E-state index >= 15 is 0 Å². The molecule has 1 atom stereocenters. The molecule has 0 radical (unpaired) electrons. The van der Waals surface area contributed by atoms with Gasteiger partial charge in [0, 0.05) is 17.9 Å². The van der Waals surface area contributed by atoms with Gasteiger partial charge in [0.05, 0.1) is 0 Å². The van der Waals surface area contributed by atoms with Crippen LogP contribution in [0.5, 0.6) is 0 Å². The van der Waals surface area contributed by atoms with Gasteiger partial charge in [-0.15, -0.1) is 0 Å². The van der Waals surface area contributed by atoms with Crippen LogP contribution in [0.3, 0.4) is 0 Å². The van der Waals surface area contributed by atoms with Gasteiger partial charge in [0.25, 0.3) is 0 Å². The molecule has 0 saturated carbocycles. The van der Waals surface area contributed by atoms with Gasteiger partial charge in [-0.2, -0.15) is 0 Å². The maximum absolute atomic E-state index is 11.7. The monoisotopic (exact) mass is 237 g/mol. The van der Waals surface area contributed by atoms with Gasteiger partial charge >= 0.3 is 0 Å².